The molecule has 0 radical (unpaired) electrons. The predicted octanol–water partition coefficient (Wildman–Crippen LogP) is 1.33. The maximum Gasteiger partial charge on any atom is 0.522 e. The number of hydrogen-bond acceptors (Lipinski definition) is 6. The first-order chi connectivity index (χ1) is 18.6. The van der Waals surface area contributed by atoms with Crippen LogP contribution in [0.4, 0.5) is 26.3 Å². The molecule has 2 saturated carbocycles. The number of Topliss-reactive ketones (excluding diaryl/α,β-unsaturated/α-hetero) is 1. The predicted molar refractivity (Wildman–Crippen MR) is 122 cm³/mol. The number of halogens is 6. The van der Waals surface area contributed by atoms with Gasteiger partial charge >= 0.3 is 18.4 Å². The van der Waals surface area contributed by atoms with Crippen molar-refractivity contribution in [2.75, 3.05) is 19.7 Å². The fourth-order valence-corrected chi connectivity index (χ4v) is 6.27. The van der Waals surface area contributed by atoms with Crippen LogP contribution in [0, 0.1) is 17.8 Å². The third-order valence-corrected chi connectivity index (χ3v) is 8.41. The molecule has 4 amide bonds. The zero-order chi connectivity index (χ0) is 29.5. The van der Waals surface area contributed by atoms with E-state index in [0.717, 1.165) is 11.3 Å². The van der Waals surface area contributed by atoms with Crippen molar-refractivity contribution in [2.45, 2.75) is 81.5 Å². The van der Waals surface area contributed by atoms with E-state index in [-0.39, 0.29) is 38.3 Å². The standard InChI is InChI=1S/C24H30F6N4O6/c25-23(26,27)20(38)33-22(6-2-7-22)21(39)34-10-13-3-1-4-14(13)17(34)19(37)32-15(9-12-5-8-31-18(12)36)16(35)11-40-24(28,29)30/h12-15,17H,1-11H2,(H,31,36)(H,32,37)(H,33,38)/t12-,13-,14-,15-,17-/m0/s1. The zero-order valence-corrected chi connectivity index (χ0v) is 21.3. The lowest BCUT2D eigenvalue weighted by atomic mass is 9.75. The van der Waals surface area contributed by atoms with Gasteiger partial charge in [-0.15, -0.1) is 13.2 Å². The van der Waals surface area contributed by atoms with Crippen LogP contribution in [0.2, 0.25) is 0 Å². The Kier molecular flexibility index (Phi) is 8.39. The van der Waals surface area contributed by atoms with E-state index < -0.39 is 78.0 Å². The molecule has 224 valence electrons. The van der Waals surface area contributed by atoms with Crippen LogP contribution in [-0.4, -0.2) is 84.2 Å². The van der Waals surface area contributed by atoms with Crippen molar-refractivity contribution >= 4 is 29.4 Å². The molecule has 40 heavy (non-hydrogen) atoms. The van der Waals surface area contributed by atoms with Crippen LogP contribution in [0.1, 0.15) is 51.4 Å². The van der Waals surface area contributed by atoms with E-state index in [4.69, 9.17) is 0 Å². The van der Waals surface area contributed by atoms with Gasteiger partial charge in [0.05, 0.1) is 6.04 Å². The van der Waals surface area contributed by atoms with Crippen LogP contribution in [0.25, 0.3) is 0 Å². The van der Waals surface area contributed by atoms with Gasteiger partial charge in [0.1, 0.15) is 18.2 Å². The molecule has 0 aromatic heterocycles. The van der Waals surface area contributed by atoms with E-state index in [1.54, 1.807) is 5.32 Å². The first-order valence-electron chi connectivity index (χ1n) is 13.1. The van der Waals surface area contributed by atoms with Crippen LogP contribution in [-0.2, 0) is 28.7 Å². The second-order valence-electron chi connectivity index (χ2n) is 10.9. The molecular weight excluding hydrogens is 554 g/mol. The van der Waals surface area contributed by atoms with Crippen molar-refractivity contribution in [1.82, 2.24) is 20.9 Å². The number of rotatable bonds is 9. The van der Waals surface area contributed by atoms with Crippen molar-refractivity contribution in [1.29, 1.82) is 0 Å². The lowest BCUT2D eigenvalue weighted by Crippen LogP contribution is -2.67. The Morgan fingerprint density at radius 1 is 1.05 bits per heavy atom. The van der Waals surface area contributed by atoms with Crippen molar-refractivity contribution in [2.24, 2.45) is 17.8 Å². The highest BCUT2D eigenvalue weighted by Crippen LogP contribution is 2.45. The number of ether oxygens (including phenoxy) is 1. The van der Waals surface area contributed by atoms with Crippen LogP contribution < -0.4 is 16.0 Å². The molecule has 0 bridgehead atoms. The number of alkyl halides is 6. The number of fused-ring (bicyclic) bond motifs is 1. The molecule has 2 aliphatic carbocycles. The number of likely N-dealkylation sites (tertiary alicyclic amines) is 1. The summed E-state index contributed by atoms with van der Waals surface area (Å²) in [5.74, 6) is -6.83. The Morgan fingerprint density at radius 2 is 1.75 bits per heavy atom. The van der Waals surface area contributed by atoms with Gasteiger partial charge in [-0.2, -0.15) is 13.2 Å². The summed E-state index contributed by atoms with van der Waals surface area (Å²) in [6.07, 6.45) is -8.20. The minimum Gasteiger partial charge on any atom is -0.356 e. The molecule has 0 unspecified atom stereocenters. The van der Waals surface area contributed by atoms with Crippen LogP contribution in [0.15, 0.2) is 0 Å². The average molecular weight is 585 g/mol. The minimum absolute atomic E-state index is 0.0477. The number of ketones is 1. The van der Waals surface area contributed by atoms with Gasteiger partial charge in [-0.05, 0) is 56.8 Å². The van der Waals surface area contributed by atoms with E-state index >= 15 is 0 Å². The summed E-state index contributed by atoms with van der Waals surface area (Å²) in [6, 6.07) is -2.75. The number of carbonyl (C=O) groups is 5. The van der Waals surface area contributed by atoms with Gasteiger partial charge in [0.15, 0.2) is 5.78 Å². The van der Waals surface area contributed by atoms with E-state index in [2.05, 4.69) is 15.4 Å². The summed E-state index contributed by atoms with van der Waals surface area (Å²) in [6.45, 7) is -1.07. The quantitative estimate of drug-likeness (QED) is 0.351. The van der Waals surface area contributed by atoms with Crippen LogP contribution in [0.5, 0.6) is 0 Å². The topological polar surface area (TPSA) is 134 Å². The summed E-state index contributed by atoms with van der Waals surface area (Å²) in [5, 5.41) is 6.77. The molecule has 10 nitrogen and oxygen atoms in total. The van der Waals surface area contributed by atoms with Crippen molar-refractivity contribution in [3.63, 3.8) is 0 Å². The number of nitrogens with one attached hydrogen (secondary N) is 3. The molecule has 3 N–H and O–H groups in total. The summed E-state index contributed by atoms with van der Waals surface area (Å²) in [4.78, 5) is 64.8. The second-order valence-corrected chi connectivity index (χ2v) is 10.9. The highest BCUT2D eigenvalue weighted by molar-refractivity contribution is 5.98. The van der Waals surface area contributed by atoms with Gasteiger partial charge in [-0.1, -0.05) is 6.42 Å². The van der Waals surface area contributed by atoms with Gasteiger partial charge in [0.25, 0.3) is 0 Å². The summed E-state index contributed by atoms with van der Waals surface area (Å²) in [7, 11) is 0. The number of nitrogens with zero attached hydrogens (tertiary/aromatic N) is 1. The fraction of sp³-hybridized carbons (Fsp3) is 0.792. The first kappa shape index (κ1) is 30.1. The maximum atomic E-state index is 13.6. The molecular formula is C24H30F6N4O6. The van der Waals surface area contributed by atoms with Gasteiger partial charge < -0.3 is 20.9 Å². The SMILES string of the molecule is O=C1NCC[C@H]1C[C@H](NC(=O)[C@@H]1[C@H]2CCC[C@H]2CN1C(=O)C1(NC(=O)C(F)(F)F)CCC1)C(=O)COC(F)(F)F. The molecule has 5 atom stereocenters. The molecule has 4 fully saturated rings. The Bertz CT molecular complexity index is 1050. The molecule has 2 aliphatic heterocycles. The second kappa shape index (κ2) is 11.2. The van der Waals surface area contributed by atoms with Gasteiger partial charge in [-0.3, -0.25) is 28.7 Å². The van der Waals surface area contributed by atoms with Gasteiger partial charge in [0, 0.05) is 19.0 Å². The smallest absolute Gasteiger partial charge is 0.356 e. The minimum atomic E-state index is -5.22. The van der Waals surface area contributed by atoms with Crippen molar-refractivity contribution < 1.29 is 55.1 Å². The van der Waals surface area contributed by atoms with E-state index in [9.17, 15) is 50.3 Å². The largest absolute Gasteiger partial charge is 0.522 e. The third-order valence-electron chi connectivity index (χ3n) is 8.41. The molecule has 16 heteroatoms. The molecule has 2 heterocycles. The van der Waals surface area contributed by atoms with Crippen molar-refractivity contribution in [3.05, 3.63) is 0 Å². The Morgan fingerprint density at radius 3 is 2.30 bits per heavy atom. The van der Waals surface area contributed by atoms with Crippen LogP contribution in [0.3, 0.4) is 0 Å². The monoisotopic (exact) mass is 584 g/mol. The van der Waals surface area contributed by atoms with Gasteiger partial charge in [0.2, 0.25) is 17.7 Å². The summed E-state index contributed by atoms with van der Waals surface area (Å²) in [5.41, 5.74) is -1.83. The Balaban J connectivity index is 1.55. The van der Waals surface area contributed by atoms with Crippen molar-refractivity contribution in [3.8, 4) is 0 Å². The Labute approximate surface area is 224 Å². The molecule has 0 spiro atoms. The van der Waals surface area contributed by atoms with Gasteiger partial charge in [-0.25, -0.2) is 0 Å². The molecule has 2 saturated heterocycles. The highest BCUT2D eigenvalue weighted by Gasteiger charge is 2.57. The number of carbonyl (C=O) groups excluding carboxylic acids is 5. The molecule has 0 aromatic rings. The summed E-state index contributed by atoms with van der Waals surface area (Å²) >= 11 is 0. The average Bonchev–Trinajstić information content (AvgIpc) is 3.53. The van der Waals surface area contributed by atoms with E-state index in [0.29, 0.717) is 25.7 Å². The first-order valence-corrected chi connectivity index (χ1v) is 13.1. The zero-order valence-electron chi connectivity index (χ0n) is 21.3. The normalized spacial score (nSPS) is 28.4. The lowest BCUT2D eigenvalue weighted by Gasteiger charge is -2.44. The number of hydrogen-bond donors (Lipinski definition) is 3. The molecule has 4 rings (SSSR count). The number of amides is 4. The highest BCUT2D eigenvalue weighted by atomic mass is 19.4. The summed E-state index contributed by atoms with van der Waals surface area (Å²) < 4.78 is 80.3. The third kappa shape index (κ3) is 6.36. The molecule has 0 aromatic carbocycles. The Hall–Kier alpha value is -2.91. The van der Waals surface area contributed by atoms with Crippen LogP contribution >= 0.6 is 0 Å². The maximum absolute atomic E-state index is 13.6. The van der Waals surface area contributed by atoms with E-state index in [1.807, 2.05) is 0 Å². The molecule has 4 aliphatic rings. The van der Waals surface area contributed by atoms with E-state index in [1.165, 1.54) is 0 Å². The fourth-order valence-electron chi connectivity index (χ4n) is 6.27. The lowest BCUT2D eigenvalue weighted by molar-refractivity contribution is -0.321.